The molecule has 3 fully saturated rings. The van der Waals surface area contributed by atoms with Gasteiger partial charge >= 0.3 is 11.9 Å². The van der Waals surface area contributed by atoms with Gasteiger partial charge in [0.25, 0.3) is 0 Å². The Morgan fingerprint density at radius 2 is 1.63 bits per heavy atom. The molecule has 3 aliphatic rings. The van der Waals surface area contributed by atoms with Gasteiger partial charge in [-0.15, -0.1) is 0 Å². The van der Waals surface area contributed by atoms with E-state index in [-0.39, 0.29) is 30.6 Å². The molecule has 30 heavy (non-hydrogen) atoms. The summed E-state index contributed by atoms with van der Waals surface area (Å²) in [5.74, 6) is -1.26. The zero-order valence-corrected chi connectivity index (χ0v) is 18.5. The van der Waals surface area contributed by atoms with E-state index in [0.29, 0.717) is 24.3 Å². The molecule has 6 nitrogen and oxygen atoms in total. The van der Waals surface area contributed by atoms with E-state index in [1.165, 1.54) is 0 Å². The Kier molecular flexibility index (Phi) is 5.90. The fourth-order valence-corrected chi connectivity index (χ4v) is 5.44. The van der Waals surface area contributed by atoms with Crippen molar-refractivity contribution in [1.29, 1.82) is 0 Å². The lowest BCUT2D eigenvalue weighted by Crippen LogP contribution is -2.60. The van der Waals surface area contributed by atoms with Crippen molar-refractivity contribution in [3.63, 3.8) is 0 Å². The molecule has 0 aromatic heterocycles. The maximum Gasteiger partial charge on any atom is 0.317 e. The number of fused-ring (bicyclic) bond motifs is 5. The third-order valence-corrected chi connectivity index (χ3v) is 7.52. The van der Waals surface area contributed by atoms with E-state index in [1.807, 2.05) is 44.2 Å². The maximum absolute atomic E-state index is 13.2. The van der Waals surface area contributed by atoms with Gasteiger partial charge in [0.1, 0.15) is 42.9 Å². The molecule has 0 amide bonds. The molecule has 0 N–H and O–H groups in total. The number of rotatable bonds is 8. The largest absolute Gasteiger partial charge is 0.464 e. The molecular formula is C24H34NO5+. The third-order valence-electron chi connectivity index (χ3n) is 7.52. The van der Waals surface area contributed by atoms with Gasteiger partial charge in [-0.1, -0.05) is 44.2 Å². The van der Waals surface area contributed by atoms with E-state index in [0.717, 1.165) is 35.7 Å². The van der Waals surface area contributed by atoms with Crippen LogP contribution in [0.3, 0.4) is 0 Å². The van der Waals surface area contributed by atoms with Crippen molar-refractivity contribution in [2.75, 3.05) is 20.7 Å². The number of esters is 2. The maximum atomic E-state index is 13.2. The fourth-order valence-electron chi connectivity index (χ4n) is 5.44. The second kappa shape index (κ2) is 8.31. The number of piperidine rings is 1. The molecule has 1 aromatic rings. The Hall–Kier alpha value is -1.92. The molecule has 5 atom stereocenters. The first-order valence-corrected chi connectivity index (χ1v) is 11.3. The van der Waals surface area contributed by atoms with Crippen LogP contribution in [0.5, 0.6) is 0 Å². The number of quaternary nitrogens is 1. The molecule has 3 heterocycles. The summed E-state index contributed by atoms with van der Waals surface area (Å²) in [5.41, 5.74) is 0.820. The number of hydrogen-bond acceptors (Lipinski definition) is 5. The Morgan fingerprint density at radius 1 is 1.03 bits per heavy atom. The summed E-state index contributed by atoms with van der Waals surface area (Å²) in [6.45, 7) is 3.97. The average molecular weight is 417 g/mol. The SMILES string of the molecule is CCC(CC)C(=O)OCC(C(=O)OC1CC2C3OC3C(C1)[N+]2(C)C)c1ccccc1. The number of nitrogens with zero attached hydrogens (tertiary/aromatic N) is 1. The predicted molar refractivity (Wildman–Crippen MR) is 112 cm³/mol. The summed E-state index contributed by atoms with van der Waals surface area (Å²) in [6.07, 6.45) is 3.66. The molecular weight excluding hydrogens is 382 g/mol. The number of carbonyl (C=O) groups is 2. The highest BCUT2D eigenvalue weighted by atomic mass is 16.6. The quantitative estimate of drug-likeness (QED) is 0.370. The summed E-state index contributed by atoms with van der Waals surface area (Å²) in [7, 11) is 4.51. The van der Waals surface area contributed by atoms with Crippen LogP contribution in [-0.2, 0) is 23.8 Å². The van der Waals surface area contributed by atoms with Crippen LogP contribution < -0.4 is 0 Å². The summed E-state index contributed by atoms with van der Waals surface area (Å²) in [5, 5.41) is 0. The molecule has 0 saturated carbocycles. The van der Waals surface area contributed by atoms with Crippen molar-refractivity contribution >= 4 is 11.9 Å². The lowest BCUT2D eigenvalue weighted by molar-refractivity contribution is -0.938. The van der Waals surface area contributed by atoms with E-state index in [1.54, 1.807) is 0 Å². The van der Waals surface area contributed by atoms with Gasteiger partial charge in [0, 0.05) is 12.8 Å². The second-order valence-corrected chi connectivity index (χ2v) is 9.47. The summed E-state index contributed by atoms with van der Waals surface area (Å²) in [4.78, 5) is 25.5. The van der Waals surface area contributed by atoms with Crippen LogP contribution in [0.1, 0.15) is 51.0 Å². The van der Waals surface area contributed by atoms with Crippen LogP contribution in [0.15, 0.2) is 30.3 Å². The van der Waals surface area contributed by atoms with Gasteiger partial charge in [-0.2, -0.15) is 0 Å². The molecule has 3 aliphatic heterocycles. The van der Waals surface area contributed by atoms with Crippen LogP contribution in [-0.4, -0.2) is 67.5 Å². The van der Waals surface area contributed by atoms with Crippen LogP contribution in [0.25, 0.3) is 0 Å². The van der Waals surface area contributed by atoms with Gasteiger partial charge in [-0.05, 0) is 18.4 Å². The van der Waals surface area contributed by atoms with Gasteiger partial charge in [0.15, 0.2) is 0 Å². The Labute approximate surface area is 179 Å². The van der Waals surface area contributed by atoms with E-state index < -0.39 is 5.92 Å². The minimum atomic E-state index is -0.600. The summed E-state index contributed by atoms with van der Waals surface area (Å²) >= 11 is 0. The van der Waals surface area contributed by atoms with Crippen molar-refractivity contribution in [3.05, 3.63) is 35.9 Å². The topological polar surface area (TPSA) is 65.1 Å². The van der Waals surface area contributed by atoms with Gasteiger partial charge in [-0.25, -0.2) is 0 Å². The Bertz CT molecular complexity index is 755. The van der Waals surface area contributed by atoms with Gasteiger partial charge in [0.2, 0.25) is 0 Å². The zero-order chi connectivity index (χ0) is 21.5. The van der Waals surface area contributed by atoms with Crippen LogP contribution in [0.2, 0.25) is 0 Å². The standard InChI is InChI=1S/C24H34NO5/c1-5-15(6-2)23(26)28-14-18(16-10-8-7-9-11-16)24(27)29-17-12-19-21-22(30-21)20(13-17)25(19,3)4/h7-11,15,17-22H,5-6,12-14H2,1-4H3/q+1. The molecule has 3 saturated heterocycles. The first-order chi connectivity index (χ1) is 14.4. The van der Waals surface area contributed by atoms with Gasteiger partial charge in [0.05, 0.1) is 20.0 Å². The number of morpholine rings is 1. The predicted octanol–water partition coefficient (Wildman–Crippen LogP) is 3.05. The van der Waals surface area contributed by atoms with E-state index in [4.69, 9.17) is 14.2 Å². The average Bonchev–Trinajstić information content (AvgIpc) is 3.48. The van der Waals surface area contributed by atoms with Crippen LogP contribution in [0.4, 0.5) is 0 Å². The number of carbonyl (C=O) groups excluding carboxylic acids is 2. The second-order valence-electron chi connectivity index (χ2n) is 9.47. The van der Waals surface area contributed by atoms with Crippen molar-refractivity contribution in [2.45, 2.75) is 75.8 Å². The van der Waals surface area contributed by atoms with Crippen molar-refractivity contribution in [2.24, 2.45) is 5.92 Å². The highest BCUT2D eigenvalue weighted by Gasteiger charge is 2.70. The van der Waals surface area contributed by atoms with E-state index in [2.05, 4.69) is 14.1 Å². The smallest absolute Gasteiger partial charge is 0.317 e. The van der Waals surface area contributed by atoms with Gasteiger partial charge in [-0.3, -0.25) is 9.59 Å². The third kappa shape index (κ3) is 3.87. The minimum Gasteiger partial charge on any atom is -0.464 e. The first-order valence-electron chi connectivity index (χ1n) is 11.3. The minimum absolute atomic E-state index is 0.0215. The number of benzene rings is 1. The summed E-state index contributed by atoms with van der Waals surface area (Å²) in [6, 6.07) is 10.2. The highest BCUT2D eigenvalue weighted by Crippen LogP contribution is 2.51. The first kappa shape index (κ1) is 21.3. The van der Waals surface area contributed by atoms with Crippen LogP contribution in [0, 0.1) is 5.92 Å². The number of likely N-dealkylation sites (N-methyl/N-ethyl adjacent to an activating group) is 1. The Morgan fingerprint density at radius 3 is 2.20 bits per heavy atom. The molecule has 5 unspecified atom stereocenters. The lowest BCUT2D eigenvalue weighted by Gasteiger charge is -2.45. The van der Waals surface area contributed by atoms with Crippen molar-refractivity contribution < 1.29 is 28.3 Å². The van der Waals surface area contributed by atoms with Crippen molar-refractivity contribution in [1.82, 2.24) is 0 Å². The van der Waals surface area contributed by atoms with E-state index >= 15 is 0 Å². The summed E-state index contributed by atoms with van der Waals surface area (Å²) < 4.78 is 18.3. The fraction of sp³-hybridized carbons (Fsp3) is 0.667. The lowest BCUT2D eigenvalue weighted by atomic mass is 9.95. The zero-order valence-electron chi connectivity index (χ0n) is 18.5. The normalized spacial score (nSPS) is 31.7. The molecule has 0 radical (unpaired) electrons. The Balaban J connectivity index is 1.42. The molecule has 1 aromatic carbocycles. The van der Waals surface area contributed by atoms with Gasteiger partial charge < -0.3 is 18.7 Å². The molecule has 164 valence electrons. The molecule has 4 rings (SSSR count). The van der Waals surface area contributed by atoms with E-state index in [9.17, 15) is 9.59 Å². The van der Waals surface area contributed by atoms with Crippen molar-refractivity contribution in [3.8, 4) is 0 Å². The monoisotopic (exact) mass is 416 g/mol. The molecule has 0 aliphatic carbocycles. The molecule has 6 heteroatoms. The number of epoxide rings is 1. The number of hydrogen-bond donors (Lipinski definition) is 0. The molecule has 0 spiro atoms. The molecule has 2 bridgehead atoms. The van der Waals surface area contributed by atoms with Crippen LogP contribution >= 0.6 is 0 Å². The number of ether oxygens (including phenoxy) is 3. The highest BCUT2D eigenvalue weighted by molar-refractivity contribution is 5.79.